The number of nitrogen functional groups attached to an aromatic ring is 1. The first kappa shape index (κ1) is 17.0. The van der Waals surface area contributed by atoms with Gasteiger partial charge in [0.2, 0.25) is 0 Å². The van der Waals surface area contributed by atoms with Crippen LogP contribution in [0.25, 0.3) is 0 Å². The molecule has 0 aliphatic carbocycles. The Morgan fingerprint density at radius 3 is 2.82 bits per heavy atom. The van der Waals surface area contributed by atoms with Gasteiger partial charge in [0.05, 0.1) is 6.61 Å². The number of anilines is 1. The minimum Gasteiger partial charge on any atom is -0.387 e. The first-order chi connectivity index (χ1) is 10.0. The molecule has 1 saturated heterocycles. The summed E-state index contributed by atoms with van der Waals surface area (Å²) in [5, 5.41) is 9.90. The molecule has 0 bridgehead atoms. The summed E-state index contributed by atoms with van der Waals surface area (Å²) in [6.07, 6.45) is -3.55. The van der Waals surface area contributed by atoms with Crippen LogP contribution in [0.4, 0.5) is 10.2 Å². The van der Waals surface area contributed by atoms with E-state index in [9.17, 15) is 18.9 Å². The molecule has 1 aromatic heterocycles. The number of phosphoric acid groups is 1. The average molecular weight is 339 g/mol. The number of rotatable bonds is 4. The minimum atomic E-state index is -4.81. The quantitative estimate of drug-likeness (QED) is 0.501. The second-order valence-corrected chi connectivity index (χ2v) is 6.19. The number of ether oxygens (including phenoxy) is 1. The fourth-order valence-electron chi connectivity index (χ4n) is 2.13. The number of alkyl halides is 1. The van der Waals surface area contributed by atoms with E-state index >= 15 is 0 Å². The zero-order chi connectivity index (χ0) is 16.7. The van der Waals surface area contributed by atoms with Gasteiger partial charge in [0, 0.05) is 6.20 Å². The summed E-state index contributed by atoms with van der Waals surface area (Å²) in [6.45, 7) is 0.237. The topological polar surface area (TPSA) is 157 Å². The Labute approximate surface area is 123 Å². The molecule has 0 amide bonds. The van der Waals surface area contributed by atoms with Crippen molar-refractivity contribution in [2.75, 3.05) is 12.3 Å². The SMILES string of the molecule is C[C@]1(F)[C@H](O)[C@@H](COP(=O)(O)O)O[C@H]1n1ccc(N)nc1=O. The van der Waals surface area contributed by atoms with Crippen LogP contribution in [0.2, 0.25) is 0 Å². The Morgan fingerprint density at radius 2 is 2.27 bits per heavy atom. The van der Waals surface area contributed by atoms with Gasteiger partial charge in [-0.05, 0) is 13.0 Å². The Morgan fingerprint density at radius 1 is 1.64 bits per heavy atom. The van der Waals surface area contributed by atoms with Crippen LogP contribution in [0.1, 0.15) is 13.2 Å². The first-order valence-electron chi connectivity index (χ1n) is 6.09. The van der Waals surface area contributed by atoms with E-state index in [0.29, 0.717) is 0 Å². The van der Waals surface area contributed by atoms with Crippen molar-refractivity contribution in [1.82, 2.24) is 9.55 Å². The number of phosphoric ester groups is 1. The molecule has 4 atom stereocenters. The van der Waals surface area contributed by atoms with Crippen molar-refractivity contribution in [2.45, 2.75) is 31.0 Å². The Kier molecular flexibility index (Phi) is 4.39. The number of hydrogen-bond acceptors (Lipinski definition) is 7. The molecule has 124 valence electrons. The van der Waals surface area contributed by atoms with Gasteiger partial charge < -0.3 is 25.4 Å². The molecule has 1 aliphatic heterocycles. The van der Waals surface area contributed by atoms with Gasteiger partial charge in [0.1, 0.15) is 18.0 Å². The summed E-state index contributed by atoms with van der Waals surface area (Å²) in [6, 6.07) is 1.24. The van der Waals surface area contributed by atoms with E-state index in [-0.39, 0.29) is 5.82 Å². The molecule has 0 radical (unpaired) electrons. The molecule has 2 rings (SSSR count). The second-order valence-electron chi connectivity index (χ2n) is 4.95. The van der Waals surface area contributed by atoms with Gasteiger partial charge >= 0.3 is 13.5 Å². The largest absolute Gasteiger partial charge is 0.469 e. The highest BCUT2D eigenvalue weighted by Crippen LogP contribution is 2.43. The molecule has 0 spiro atoms. The molecule has 22 heavy (non-hydrogen) atoms. The minimum absolute atomic E-state index is 0.0678. The van der Waals surface area contributed by atoms with Crippen LogP contribution >= 0.6 is 7.82 Å². The summed E-state index contributed by atoms with van der Waals surface area (Å²) in [4.78, 5) is 32.4. The van der Waals surface area contributed by atoms with E-state index in [2.05, 4.69) is 9.51 Å². The Bertz CT molecular complexity index is 660. The Balaban J connectivity index is 2.26. The normalized spacial score (nSPS) is 32.3. The zero-order valence-electron chi connectivity index (χ0n) is 11.4. The number of aliphatic hydroxyl groups excluding tert-OH is 1. The van der Waals surface area contributed by atoms with Crippen molar-refractivity contribution >= 4 is 13.6 Å². The predicted molar refractivity (Wildman–Crippen MR) is 70.3 cm³/mol. The van der Waals surface area contributed by atoms with Crippen LogP contribution in [-0.4, -0.2) is 48.9 Å². The van der Waals surface area contributed by atoms with Gasteiger partial charge in [-0.25, -0.2) is 13.8 Å². The third-order valence-electron chi connectivity index (χ3n) is 3.23. The van der Waals surface area contributed by atoms with Crippen molar-refractivity contribution in [3.05, 3.63) is 22.7 Å². The van der Waals surface area contributed by atoms with Crippen LogP contribution in [-0.2, 0) is 13.8 Å². The maximum atomic E-state index is 14.7. The molecule has 10 nitrogen and oxygen atoms in total. The number of nitrogens with zero attached hydrogens (tertiary/aromatic N) is 2. The van der Waals surface area contributed by atoms with Crippen molar-refractivity contribution in [2.24, 2.45) is 0 Å². The predicted octanol–water partition coefficient (Wildman–Crippen LogP) is -1.08. The fraction of sp³-hybridized carbons (Fsp3) is 0.600. The lowest BCUT2D eigenvalue weighted by molar-refractivity contribution is -0.0604. The molecule has 1 fully saturated rings. The van der Waals surface area contributed by atoms with E-state index in [0.717, 1.165) is 17.7 Å². The van der Waals surface area contributed by atoms with Crippen LogP contribution in [0.5, 0.6) is 0 Å². The fourth-order valence-corrected chi connectivity index (χ4v) is 2.47. The molecular weight excluding hydrogens is 324 g/mol. The standard InChI is InChI=1S/C10H15FN3O7P/c1-10(11)7(15)5(4-20-22(17,18)19)21-8(10)14-3-2-6(12)13-9(14)16/h2-3,5,7-8,15H,4H2,1H3,(H2,12,13,16)(H2,17,18,19)/t5-,7-,8-,10+/m1/s1. The number of aliphatic hydroxyl groups is 1. The summed E-state index contributed by atoms with van der Waals surface area (Å²) < 4.78 is 35.5. The highest BCUT2D eigenvalue weighted by atomic mass is 31.2. The number of hydrogen-bond donors (Lipinski definition) is 4. The summed E-state index contributed by atoms with van der Waals surface area (Å²) >= 11 is 0. The monoisotopic (exact) mass is 339 g/mol. The van der Waals surface area contributed by atoms with Gasteiger partial charge in [-0.3, -0.25) is 9.09 Å². The maximum absolute atomic E-state index is 14.7. The van der Waals surface area contributed by atoms with E-state index in [1.165, 1.54) is 6.07 Å². The second kappa shape index (κ2) is 5.69. The molecule has 0 unspecified atom stereocenters. The zero-order valence-corrected chi connectivity index (χ0v) is 12.3. The average Bonchev–Trinajstić information content (AvgIpc) is 2.59. The molecule has 1 aliphatic rings. The summed E-state index contributed by atoms with van der Waals surface area (Å²) in [5.74, 6) is -0.0678. The first-order valence-corrected chi connectivity index (χ1v) is 7.62. The van der Waals surface area contributed by atoms with Crippen LogP contribution in [0, 0.1) is 0 Å². The van der Waals surface area contributed by atoms with E-state index in [4.69, 9.17) is 20.3 Å². The van der Waals surface area contributed by atoms with Crippen molar-refractivity contribution in [3.63, 3.8) is 0 Å². The van der Waals surface area contributed by atoms with Crippen LogP contribution in [0.3, 0.4) is 0 Å². The van der Waals surface area contributed by atoms with Gasteiger partial charge in [0.15, 0.2) is 11.9 Å². The Hall–Kier alpha value is -1.36. The third-order valence-corrected chi connectivity index (χ3v) is 3.71. The highest BCUT2D eigenvalue weighted by molar-refractivity contribution is 7.46. The van der Waals surface area contributed by atoms with Gasteiger partial charge in [-0.1, -0.05) is 0 Å². The molecular formula is C10H15FN3O7P. The number of nitrogens with two attached hydrogens (primary N) is 1. The third kappa shape index (κ3) is 3.35. The highest BCUT2D eigenvalue weighted by Gasteiger charge is 2.55. The van der Waals surface area contributed by atoms with Gasteiger partial charge in [0.25, 0.3) is 0 Å². The molecule has 2 heterocycles. The van der Waals surface area contributed by atoms with E-state index < -0.39 is 44.2 Å². The molecule has 0 aromatic carbocycles. The van der Waals surface area contributed by atoms with Crippen molar-refractivity contribution < 1.29 is 33.1 Å². The van der Waals surface area contributed by atoms with E-state index in [1.54, 1.807) is 0 Å². The van der Waals surface area contributed by atoms with Crippen LogP contribution < -0.4 is 11.4 Å². The smallest absolute Gasteiger partial charge is 0.387 e. The lowest BCUT2D eigenvalue weighted by Gasteiger charge is -2.24. The molecule has 0 saturated carbocycles. The summed E-state index contributed by atoms with van der Waals surface area (Å²) in [7, 11) is -4.81. The van der Waals surface area contributed by atoms with Crippen LogP contribution in [0.15, 0.2) is 17.1 Å². The number of halogens is 1. The van der Waals surface area contributed by atoms with E-state index in [1.807, 2.05) is 0 Å². The van der Waals surface area contributed by atoms with Gasteiger partial charge in [-0.15, -0.1) is 0 Å². The molecule has 5 N–H and O–H groups in total. The number of aromatic nitrogens is 2. The lowest BCUT2D eigenvalue weighted by atomic mass is 9.98. The lowest BCUT2D eigenvalue weighted by Crippen LogP contribution is -2.43. The summed E-state index contributed by atoms with van der Waals surface area (Å²) in [5.41, 5.74) is 2.03. The van der Waals surface area contributed by atoms with Crippen molar-refractivity contribution in [1.29, 1.82) is 0 Å². The van der Waals surface area contributed by atoms with Gasteiger partial charge in [-0.2, -0.15) is 4.98 Å². The molecule has 1 aromatic rings. The van der Waals surface area contributed by atoms with Crippen molar-refractivity contribution in [3.8, 4) is 0 Å². The maximum Gasteiger partial charge on any atom is 0.469 e. The molecule has 12 heteroatoms.